The molecule has 0 radical (unpaired) electrons. The highest BCUT2D eigenvalue weighted by Gasteiger charge is 2.09. The second-order valence-electron chi connectivity index (χ2n) is 5.04. The predicted octanol–water partition coefficient (Wildman–Crippen LogP) is 1.95. The van der Waals surface area contributed by atoms with E-state index >= 15 is 0 Å². The number of hydrogen-bond donors (Lipinski definition) is 1. The maximum absolute atomic E-state index is 4.52. The minimum absolute atomic E-state index is 0.811. The molecule has 1 N–H and O–H groups in total. The molecule has 0 amide bonds. The van der Waals surface area contributed by atoms with Gasteiger partial charge in [-0.15, -0.1) is 0 Å². The summed E-state index contributed by atoms with van der Waals surface area (Å²) < 4.78 is 1.82. The van der Waals surface area contributed by atoms with Crippen LogP contribution in [0, 0.1) is 0 Å². The largest absolute Gasteiger partial charge is 0.355 e. The molecular formula is C15H23N5. The molecule has 2 aromatic heterocycles. The average molecular weight is 273 g/mol. The van der Waals surface area contributed by atoms with Gasteiger partial charge in [0.15, 0.2) is 0 Å². The zero-order valence-corrected chi connectivity index (χ0v) is 12.5. The highest BCUT2D eigenvalue weighted by atomic mass is 15.2. The van der Waals surface area contributed by atoms with Crippen molar-refractivity contribution in [1.82, 2.24) is 20.1 Å². The lowest BCUT2D eigenvalue weighted by Crippen LogP contribution is -2.22. The fraction of sp³-hybridized carbons (Fsp3) is 0.467. The summed E-state index contributed by atoms with van der Waals surface area (Å²) in [4.78, 5) is 6.69. The van der Waals surface area contributed by atoms with Crippen molar-refractivity contribution >= 4 is 5.82 Å². The van der Waals surface area contributed by atoms with Crippen molar-refractivity contribution in [3.63, 3.8) is 0 Å². The molecule has 0 saturated carbocycles. The van der Waals surface area contributed by atoms with E-state index in [0.29, 0.717) is 0 Å². The van der Waals surface area contributed by atoms with Gasteiger partial charge in [0.2, 0.25) is 0 Å². The summed E-state index contributed by atoms with van der Waals surface area (Å²) in [7, 11) is 4.00. The summed E-state index contributed by atoms with van der Waals surface area (Å²) >= 11 is 0. The Morgan fingerprint density at radius 3 is 2.95 bits per heavy atom. The molecule has 5 nitrogen and oxygen atoms in total. The first-order valence-corrected chi connectivity index (χ1v) is 7.04. The van der Waals surface area contributed by atoms with Crippen LogP contribution in [0.2, 0.25) is 0 Å². The quantitative estimate of drug-likeness (QED) is 0.783. The molecule has 0 aliphatic carbocycles. The maximum Gasteiger partial charge on any atom is 0.133 e. The lowest BCUT2D eigenvalue weighted by Gasteiger charge is -2.20. The smallest absolute Gasteiger partial charge is 0.133 e. The van der Waals surface area contributed by atoms with Crippen molar-refractivity contribution in [1.29, 1.82) is 0 Å². The number of aromatic nitrogens is 3. The number of pyridine rings is 1. The first kappa shape index (κ1) is 14.5. The van der Waals surface area contributed by atoms with Crippen LogP contribution in [0.4, 0.5) is 5.82 Å². The SMILES string of the molecule is CCCNCc1cccnc1N(C)Cc1cnn(C)c1. The van der Waals surface area contributed by atoms with Crippen LogP contribution in [0.25, 0.3) is 0 Å². The summed E-state index contributed by atoms with van der Waals surface area (Å²) in [5.41, 5.74) is 2.42. The normalized spacial score (nSPS) is 10.8. The summed E-state index contributed by atoms with van der Waals surface area (Å²) in [5.74, 6) is 1.03. The third-order valence-electron chi connectivity index (χ3n) is 3.15. The monoisotopic (exact) mass is 273 g/mol. The number of anilines is 1. The molecule has 20 heavy (non-hydrogen) atoms. The second kappa shape index (κ2) is 7.05. The van der Waals surface area contributed by atoms with E-state index in [2.05, 4.69) is 40.3 Å². The fourth-order valence-corrected chi connectivity index (χ4v) is 2.21. The molecule has 0 bridgehead atoms. The van der Waals surface area contributed by atoms with E-state index in [-0.39, 0.29) is 0 Å². The summed E-state index contributed by atoms with van der Waals surface area (Å²) in [6.07, 6.45) is 6.92. The van der Waals surface area contributed by atoms with Crippen molar-refractivity contribution in [2.24, 2.45) is 7.05 Å². The Balaban J connectivity index is 2.06. The molecular weight excluding hydrogens is 250 g/mol. The van der Waals surface area contributed by atoms with Gasteiger partial charge in [-0.25, -0.2) is 4.98 Å². The summed E-state index contributed by atoms with van der Waals surface area (Å²) in [5, 5.41) is 7.64. The van der Waals surface area contributed by atoms with E-state index in [9.17, 15) is 0 Å². The summed E-state index contributed by atoms with van der Waals surface area (Å²) in [6, 6.07) is 4.12. The number of rotatable bonds is 7. The third kappa shape index (κ3) is 3.81. The van der Waals surface area contributed by atoms with Gasteiger partial charge >= 0.3 is 0 Å². The molecule has 0 aromatic carbocycles. The Morgan fingerprint density at radius 2 is 2.25 bits per heavy atom. The molecule has 2 rings (SSSR count). The molecule has 0 atom stereocenters. The number of aryl methyl sites for hydroxylation is 1. The van der Waals surface area contributed by atoms with Gasteiger partial charge in [-0.2, -0.15) is 5.10 Å². The molecule has 0 aliphatic heterocycles. The van der Waals surface area contributed by atoms with E-state index in [0.717, 1.165) is 31.9 Å². The van der Waals surface area contributed by atoms with E-state index in [4.69, 9.17) is 0 Å². The van der Waals surface area contributed by atoms with Crippen molar-refractivity contribution < 1.29 is 0 Å². The lowest BCUT2D eigenvalue weighted by molar-refractivity contribution is 0.671. The van der Waals surface area contributed by atoms with E-state index < -0.39 is 0 Å². The molecule has 0 unspecified atom stereocenters. The Bertz CT molecular complexity index is 535. The van der Waals surface area contributed by atoms with Crippen LogP contribution in [-0.2, 0) is 20.1 Å². The van der Waals surface area contributed by atoms with Crippen molar-refractivity contribution in [3.8, 4) is 0 Å². The van der Waals surface area contributed by atoms with Gasteiger partial charge in [0.25, 0.3) is 0 Å². The Hall–Kier alpha value is -1.88. The fourth-order valence-electron chi connectivity index (χ4n) is 2.21. The van der Waals surface area contributed by atoms with E-state index in [1.807, 2.05) is 36.4 Å². The highest BCUT2D eigenvalue weighted by Crippen LogP contribution is 2.17. The first-order chi connectivity index (χ1) is 9.70. The second-order valence-corrected chi connectivity index (χ2v) is 5.04. The molecule has 0 spiro atoms. The molecule has 0 aliphatic rings. The summed E-state index contributed by atoms with van der Waals surface area (Å²) in [6.45, 7) is 4.87. The number of nitrogens with zero attached hydrogens (tertiary/aromatic N) is 4. The zero-order chi connectivity index (χ0) is 14.4. The van der Waals surface area contributed by atoms with Gasteiger partial charge in [-0.05, 0) is 19.0 Å². The third-order valence-corrected chi connectivity index (χ3v) is 3.15. The van der Waals surface area contributed by atoms with Crippen LogP contribution in [-0.4, -0.2) is 28.4 Å². The molecule has 2 heterocycles. The number of nitrogens with one attached hydrogen (secondary N) is 1. The standard InChI is InChI=1S/C15H23N5/c1-4-7-16-10-14-6-5-8-17-15(14)19(2)11-13-9-18-20(3)12-13/h5-6,8-9,12,16H,4,7,10-11H2,1-3H3. The topological polar surface area (TPSA) is 46.0 Å². The Morgan fingerprint density at radius 1 is 1.40 bits per heavy atom. The van der Waals surface area contributed by atoms with Crippen molar-refractivity contribution in [2.45, 2.75) is 26.4 Å². The van der Waals surface area contributed by atoms with Gasteiger partial charge in [0.1, 0.15) is 5.82 Å². The highest BCUT2D eigenvalue weighted by molar-refractivity contribution is 5.46. The molecule has 5 heteroatoms. The van der Waals surface area contributed by atoms with Gasteiger partial charge in [-0.1, -0.05) is 13.0 Å². The molecule has 2 aromatic rings. The van der Waals surface area contributed by atoms with Gasteiger partial charge in [-0.3, -0.25) is 4.68 Å². The van der Waals surface area contributed by atoms with E-state index in [1.54, 1.807) is 0 Å². The van der Waals surface area contributed by atoms with Crippen LogP contribution in [0.3, 0.4) is 0 Å². The van der Waals surface area contributed by atoms with Crippen LogP contribution >= 0.6 is 0 Å². The van der Waals surface area contributed by atoms with Crippen molar-refractivity contribution in [3.05, 3.63) is 41.9 Å². The minimum atomic E-state index is 0.811. The van der Waals surface area contributed by atoms with Gasteiger partial charge < -0.3 is 10.2 Å². The van der Waals surface area contributed by atoms with Gasteiger partial charge in [0, 0.05) is 50.7 Å². The average Bonchev–Trinajstić information content (AvgIpc) is 2.85. The van der Waals surface area contributed by atoms with Crippen LogP contribution < -0.4 is 10.2 Å². The Kier molecular flexibility index (Phi) is 5.12. The minimum Gasteiger partial charge on any atom is -0.355 e. The van der Waals surface area contributed by atoms with Crippen LogP contribution in [0.5, 0.6) is 0 Å². The Labute approximate surface area is 120 Å². The van der Waals surface area contributed by atoms with E-state index in [1.165, 1.54) is 11.1 Å². The zero-order valence-electron chi connectivity index (χ0n) is 12.5. The van der Waals surface area contributed by atoms with Crippen LogP contribution in [0.15, 0.2) is 30.7 Å². The van der Waals surface area contributed by atoms with Gasteiger partial charge in [0.05, 0.1) is 6.20 Å². The first-order valence-electron chi connectivity index (χ1n) is 7.04. The maximum atomic E-state index is 4.52. The molecule has 0 fully saturated rings. The lowest BCUT2D eigenvalue weighted by atomic mass is 10.2. The van der Waals surface area contributed by atoms with Crippen molar-refractivity contribution in [2.75, 3.05) is 18.5 Å². The molecule has 0 saturated heterocycles. The predicted molar refractivity (Wildman–Crippen MR) is 81.5 cm³/mol. The van der Waals surface area contributed by atoms with Crippen LogP contribution in [0.1, 0.15) is 24.5 Å². The molecule has 108 valence electrons. The number of hydrogen-bond acceptors (Lipinski definition) is 4.